The van der Waals surface area contributed by atoms with Gasteiger partial charge in [0.1, 0.15) is 0 Å². The van der Waals surface area contributed by atoms with Crippen molar-refractivity contribution in [2.75, 3.05) is 0 Å². The lowest BCUT2D eigenvalue weighted by Gasteiger charge is -2.01. The first kappa shape index (κ1) is 12.2. The van der Waals surface area contributed by atoms with Gasteiger partial charge in [0, 0.05) is 0 Å². The van der Waals surface area contributed by atoms with E-state index in [1.165, 1.54) is 0 Å². The lowest BCUT2D eigenvalue weighted by Crippen LogP contribution is -1.89. The Hall–Kier alpha value is -0.460. The summed E-state index contributed by atoms with van der Waals surface area (Å²) < 4.78 is 0. The fourth-order valence-corrected chi connectivity index (χ4v) is 0.683. The number of rotatable bonds is 3. The summed E-state index contributed by atoms with van der Waals surface area (Å²) in [5.74, 6) is 0.569. The van der Waals surface area contributed by atoms with Gasteiger partial charge in [-0.15, -0.1) is 0 Å². The molecule has 0 fully saturated rings. The van der Waals surface area contributed by atoms with E-state index in [2.05, 4.69) is 13.8 Å². The van der Waals surface area contributed by atoms with Gasteiger partial charge in [-0.2, -0.15) is 0 Å². The second-order valence-corrected chi connectivity index (χ2v) is 1.92. The van der Waals surface area contributed by atoms with Crippen LogP contribution in [0.25, 0.3) is 0 Å². The molecule has 0 aliphatic heterocycles. The van der Waals surface area contributed by atoms with Crippen LogP contribution in [0.5, 0.6) is 0 Å². The van der Waals surface area contributed by atoms with E-state index in [-0.39, 0.29) is 0 Å². The third-order valence-corrected chi connectivity index (χ3v) is 1.41. The lowest BCUT2D eigenvalue weighted by atomic mass is 10.0. The van der Waals surface area contributed by atoms with Crippen LogP contribution in [0.15, 0.2) is 12.3 Å². The first-order valence-corrected chi connectivity index (χ1v) is 4.16. The summed E-state index contributed by atoms with van der Waals surface area (Å²) in [5.41, 5.74) is 0. The average Bonchev–Trinajstić information content (AvgIpc) is 2.04. The van der Waals surface area contributed by atoms with Gasteiger partial charge >= 0.3 is 0 Å². The molecule has 0 aromatic carbocycles. The van der Waals surface area contributed by atoms with Gasteiger partial charge in [-0.3, -0.25) is 0 Å². The molecule has 0 bridgehead atoms. The summed E-state index contributed by atoms with van der Waals surface area (Å²) in [5, 5.41) is 8.32. The summed E-state index contributed by atoms with van der Waals surface area (Å²) >= 11 is 0. The smallest absolute Gasteiger partial charge is 0.0754 e. The van der Waals surface area contributed by atoms with Crippen LogP contribution < -0.4 is 0 Å². The van der Waals surface area contributed by atoms with Crippen LogP contribution in [0, 0.1) is 5.92 Å². The third kappa shape index (κ3) is 7.54. The van der Waals surface area contributed by atoms with Gasteiger partial charge in [-0.25, -0.2) is 0 Å². The fourth-order valence-electron chi connectivity index (χ4n) is 0.683. The number of aliphatic hydroxyl groups is 1. The third-order valence-electron chi connectivity index (χ3n) is 1.41. The van der Waals surface area contributed by atoms with Crippen molar-refractivity contribution in [1.29, 1.82) is 0 Å². The molecule has 0 radical (unpaired) electrons. The van der Waals surface area contributed by atoms with Crippen LogP contribution in [0.4, 0.5) is 0 Å². The Morgan fingerprint density at radius 1 is 1.20 bits per heavy atom. The minimum Gasteiger partial charge on any atom is -0.516 e. The van der Waals surface area contributed by atoms with E-state index < -0.39 is 0 Å². The van der Waals surface area contributed by atoms with E-state index in [1.54, 1.807) is 0 Å². The molecule has 0 atom stereocenters. The molecule has 0 aromatic rings. The van der Waals surface area contributed by atoms with Gasteiger partial charge in [-0.1, -0.05) is 27.7 Å². The van der Waals surface area contributed by atoms with E-state index >= 15 is 0 Å². The topological polar surface area (TPSA) is 20.2 Å². The van der Waals surface area contributed by atoms with Crippen LogP contribution in [-0.4, -0.2) is 5.11 Å². The summed E-state index contributed by atoms with van der Waals surface area (Å²) in [6.45, 7) is 8.24. The van der Waals surface area contributed by atoms with E-state index in [4.69, 9.17) is 5.11 Å². The van der Waals surface area contributed by atoms with Crippen LogP contribution in [0.3, 0.4) is 0 Å². The van der Waals surface area contributed by atoms with E-state index in [0.29, 0.717) is 5.92 Å². The van der Waals surface area contributed by atoms with Crippen LogP contribution >= 0.6 is 0 Å². The van der Waals surface area contributed by atoms with Crippen molar-refractivity contribution in [3.8, 4) is 0 Å². The Labute approximate surface area is 64.8 Å². The highest BCUT2D eigenvalue weighted by Crippen LogP contribution is 2.07. The molecule has 62 valence electrons. The predicted molar refractivity (Wildman–Crippen MR) is 47.2 cm³/mol. The monoisotopic (exact) mass is 144 g/mol. The van der Waals surface area contributed by atoms with Crippen molar-refractivity contribution in [3.63, 3.8) is 0 Å². The molecule has 10 heavy (non-hydrogen) atoms. The molecular formula is C9H20O. The van der Waals surface area contributed by atoms with Crippen LogP contribution in [0.2, 0.25) is 0 Å². The molecule has 1 nitrogen and oxygen atoms in total. The van der Waals surface area contributed by atoms with Gasteiger partial charge in [0.25, 0.3) is 0 Å². The normalized spacial score (nSPS) is 9.70. The average molecular weight is 144 g/mol. The maximum Gasteiger partial charge on any atom is 0.0754 e. The zero-order valence-electron chi connectivity index (χ0n) is 7.59. The number of hydrogen-bond acceptors (Lipinski definition) is 1. The SMILES string of the molecule is CC.CCC(/C=C\O)CC. The van der Waals surface area contributed by atoms with Gasteiger partial charge < -0.3 is 5.11 Å². The highest BCUT2D eigenvalue weighted by atomic mass is 16.2. The highest BCUT2D eigenvalue weighted by Gasteiger charge is 1.94. The van der Waals surface area contributed by atoms with Crippen LogP contribution in [-0.2, 0) is 0 Å². The Kier molecular flexibility index (Phi) is 13.9. The van der Waals surface area contributed by atoms with Gasteiger partial charge in [-0.05, 0) is 24.8 Å². The van der Waals surface area contributed by atoms with Crippen LogP contribution in [0.1, 0.15) is 40.5 Å². The molecule has 0 saturated heterocycles. The molecule has 1 N–H and O–H groups in total. The largest absolute Gasteiger partial charge is 0.516 e. The second kappa shape index (κ2) is 11.4. The van der Waals surface area contributed by atoms with E-state index in [0.717, 1.165) is 19.1 Å². The Morgan fingerprint density at radius 2 is 1.60 bits per heavy atom. The van der Waals surface area contributed by atoms with E-state index in [9.17, 15) is 0 Å². The minimum absolute atomic E-state index is 0.569. The Balaban J connectivity index is 0. The fraction of sp³-hybridized carbons (Fsp3) is 0.778. The Morgan fingerprint density at radius 3 is 1.70 bits per heavy atom. The first-order valence-electron chi connectivity index (χ1n) is 4.16. The van der Waals surface area contributed by atoms with Crippen molar-refractivity contribution in [3.05, 3.63) is 12.3 Å². The summed E-state index contributed by atoms with van der Waals surface area (Å²) in [7, 11) is 0. The molecule has 0 saturated carbocycles. The molecule has 0 aliphatic carbocycles. The quantitative estimate of drug-likeness (QED) is 0.601. The highest BCUT2D eigenvalue weighted by molar-refractivity contribution is 4.79. The lowest BCUT2D eigenvalue weighted by molar-refractivity contribution is 0.459. The zero-order chi connectivity index (χ0) is 8.41. The second-order valence-electron chi connectivity index (χ2n) is 1.92. The predicted octanol–water partition coefficient (Wildman–Crippen LogP) is 3.52. The molecule has 0 unspecified atom stereocenters. The minimum atomic E-state index is 0.569. The van der Waals surface area contributed by atoms with Gasteiger partial charge in [0.15, 0.2) is 0 Å². The summed E-state index contributed by atoms with van der Waals surface area (Å²) in [4.78, 5) is 0. The molecule has 0 amide bonds. The maximum absolute atomic E-state index is 8.32. The number of allylic oxidation sites excluding steroid dienone is 1. The number of aliphatic hydroxyl groups excluding tert-OH is 1. The standard InChI is InChI=1S/C7H14O.C2H6/c1-3-7(4-2)5-6-8;1-2/h5-8H,3-4H2,1-2H3;1-2H3/b6-5-;. The van der Waals surface area contributed by atoms with Crippen molar-refractivity contribution in [1.82, 2.24) is 0 Å². The van der Waals surface area contributed by atoms with Crippen molar-refractivity contribution < 1.29 is 5.11 Å². The molecular weight excluding hydrogens is 124 g/mol. The molecule has 1 heteroatoms. The van der Waals surface area contributed by atoms with Crippen molar-refractivity contribution in [2.45, 2.75) is 40.5 Å². The molecule has 0 spiro atoms. The molecule has 0 rings (SSSR count). The van der Waals surface area contributed by atoms with E-state index in [1.807, 2.05) is 19.9 Å². The zero-order valence-corrected chi connectivity index (χ0v) is 7.59. The van der Waals surface area contributed by atoms with Crippen molar-refractivity contribution in [2.24, 2.45) is 5.92 Å². The summed E-state index contributed by atoms with van der Waals surface area (Å²) in [6.07, 6.45) is 5.21. The van der Waals surface area contributed by atoms with Crippen molar-refractivity contribution >= 4 is 0 Å². The summed E-state index contributed by atoms with van der Waals surface area (Å²) in [6, 6.07) is 0. The maximum atomic E-state index is 8.32. The Bertz CT molecular complexity index is 63.1. The molecule has 0 aromatic heterocycles. The molecule has 0 aliphatic rings. The molecule has 0 heterocycles. The van der Waals surface area contributed by atoms with Gasteiger partial charge in [0.05, 0.1) is 6.26 Å². The van der Waals surface area contributed by atoms with Gasteiger partial charge in [0.2, 0.25) is 0 Å². The number of hydrogen-bond donors (Lipinski definition) is 1. The first-order chi connectivity index (χ1) is 4.85.